The molecule has 2 aromatic carbocycles. The van der Waals surface area contributed by atoms with Crippen LogP contribution in [0.1, 0.15) is 6.92 Å². The molecule has 29 heavy (non-hydrogen) atoms. The van der Waals surface area contributed by atoms with Gasteiger partial charge in [0.25, 0.3) is 5.56 Å². The number of hydrogen-bond donors (Lipinski definition) is 1. The van der Waals surface area contributed by atoms with Crippen LogP contribution in [0.5, 0.6) is 5.75 Å². The molecule has 3 rings (SSSR count). The van der Waals surface area contributed by atoms with Crippen molar-refractivity contribution in [2.45, 2.75) is 18.4 Å². The Morgan fingerprint density at radius 3 is 2.38 bits per heavy atom. The van der Waals surface area contributed by atoms with E-state index in [0.717, 1.165) is 15.8 Å². The summed E-state index contributed by atoms with van der Waals surface area (Å²) in [6, 6.07) is 16.8. The first-order chi connectivity index (χ1) is 13.9. The second kappa shape index (κ2) is 9.34. The maximum atomic E-state index is 12.3. The standard InChI is InChI=1S/C20H20BrN3O4S/c1-2-28-17-7-3-15(4-8-17)19-11-12-20(25)24(23-19)14-13-22-29(26,27)18-9-5-16(21)6-10-18/h3-12,22H,2,13-14H2,1H3. The maximum absolute atomic E-state index is 12.3. The van der Waals surface area contributed by atoms with Gasteiger partial charge in [-0.3, -0.25) is 4.79 Å². The minimum absolute atomic E-state index is 0.0397. The Kier molecular flexibility index (Phi) is 6.83. The van der Waals surface area contributed by atoms with Crippen LogP contribution >= 0.6 is 15.9 Å². The van der Waals surface area contributed by atoms with E-state index in [-0.39, 0.29) is 23.5 Å². The van der Waals surface area contributed by atoms with Gasteiger partial charge in [-0.25, -0.2) is 17.8 Å². The lowest BCUT2D eigenvalue weighted by molar-refractivity contribution is 0.340. The van der Waals surface area contributed by atoms with Gasteiger partial charge in [0.15, 0.2) is 0 Å². The minimum atomic E-state index is -3.66. The van der Waals surface area contributed by atoms with Crippen molar-refractivity contribution in [3.05, 3.63) is 75.5 Å². The largest absolute Gasteiger partial charge is 0.494 e. The van der Waals surface area contributed by atoms with E-state index in [4.69, 9.17) is 4.74 Å². The monoisotopic (exact) mass is 477 g/mol. The summed E-state index contributed by atoms with van der Waals surface area (Å²) in [5.41, 5.74) is 1.14. The molecule has 1 heterocycles. The lowest BCUT2D eigenvalue weighted by Crippen LogP contribution is -2.32. The molecule has 0 aliphatic heterocycles. The van der Waals surface area contributed by atoms with Gasteiger partial charge in [-0.2, -0.15) is 5.10 Å². The highest BCUT2D eigenvalue weighted by molar-refractivity contribution is 9.10. The third kappa shape index (κ3) is 5.53. The van der Waals surface area contributed by atoms with Crippen LogP contribution in [0.4, 0.5) is 0 Å². The fourth-order valence-corrected chi connectivity index (χ4v) is 3.92. The van der Waals surface area contributed by atoms with Gasteiger partial charge in [-0.15, -0.1) is 0 Å². The van der Waals surface area contributed by atoms with Gasteiger partial charge < -0.3 is 4.74 Å². The van der Waals surface area contributed by atoms with Crippen molar-refractivity contribution in [1.82, 2.24) is 14.5 Å². The molecule has 0 unspecified atom stereocenters. The molecule has 0 fully saturated rings. The van der Waals surface area contributed by atoms with E-state index in [0.29, 0.717) is 12.3 Å². The number of nitrogens with zero attached hydrogens (tertiary/aromatic N) is 2. The van der Waals surface area contributed by atoms with E-state index in [1.54, 1.807) is 18.2 Å². The number of ether oxygens (including phenoxy) is 1. The Balaban J connectivity index is 1.70. The molecule has 0 bridgehead atoms. The summed E-state index contributed by atoms with van der Waals surface area (Å²) < 4.78 is 34.6. The summed E-state index contributed by atoms with van der Waals surface area (Å²) in [5, 5.41) is 4.34. The zero-order valence-corrected chi connectivity index (χ0v) is 18.1. The SMILES string of the molecule is CCOc1ccc(-c2ccc(=O)n(CCNS(=O)(=O)c3ccc(Br)cc3)n2)cc1. The number of aromatic nitrogens is 2. The highest BCUT2D eigenvalue weighted by Gasteiger charge is 2.13. The fraction of sp³-hybridized carbons (Fsp3) is 0.200. The summed E-state index contributed by atoms with van der Waals surface area (Å²) in [6.45, 7) is 2.65. The second-order valence-corrected chi connectivity index (χ2v) is 8.77. The van der Waals surface area contributed by atoms with Crippen LogP contribution in [0.3, 0.4) is 0 Å². The lowest BCUT2D eigenvalue weighted by Gasteiger charge is -2.10. The number of hydrogen-bond acceptors (Lipinski definition) is 5. The van der Waals surface area contributed by atoms with Crippen molar-refractivity contribution in [1.29, 1.82) is 0 Å². The van der Waals surface area contributed by atoms with E-state index in [9.17, 15) is 13.2 Å². The Bertz CT molecular complexity index is 1130. The van der Waals surface area contributed by atoms with Gasteiger partial charge >= 0.3 is 0 Å². The Labute approximate surface area is 177 Å². The molecule has 0 amide bonds. The van der Waals surface area contributed by atoms with Gasteiger partial charge in [0.05, 0.1) is 23.7 Å². The first-order valence-corrected chi connectivity index (χ1v) is 11.2. The molecule has 0 radical (unpaired) electrons. The van der Waals surface area contributed by atoms with Crippen LogP contribution in [0.2, 0.25) is 0 Å². The molecule has 0 atom stereocenters. The number of rotatable bonds is 8. The fourth-order valence-electron chi connectivity index (χ4n) is 2.63. The summed E-state index contributed by atoms with van der Waals surface area (Å²) in [6.07, 6.45) is 0. The molecule has 9 heteroatoms. The number of halogens is 1. The van der Waals surface area contributed by atoms with E-state index in [1.807, 2.05) is 31.2 Å². The zero-order chi connectivity index (χ0) is 20.9. The predicted octanol–water partition coefficient (Wildman–Crippen LogP) is 3.05. The summed E-state index contributed by atoms with van der Waals surface area (Å²) >= 11 is 3.27. The van der Waals surface area contributed by atoms with E-state index < -0.39 is 10.0 Å². The molecule has 1 aromatic heterocycles. The molecule has 7 nitrogen and oxygen atoms in total. The lowest BCUT2D eigenvalue weighted by atomic mass is 10.1. The smallest absolute Gasteiger partial charge is 0.266 e. The van der Waals surface area contributed by atoms with Gasteiger partial charge in [-0.05, 0) is 61.5 Å². The van der Waals surface area contributed by atoms with Crippen molar-refractivity contribution < 1.29 is 13.2 Å². The molecule has 3 aromatic rings. The zero-order valence-electron chi connectivity index (χ0n) is 15.7. The third-order valence-corrected chi connectivity index (χ3v) is 6.07. The molecule has 0 aliphatic carbocycles. The molecule has 0 spiro atoms. The van der Waals surface area contributed by atoms with Crippen LogP contribution < -0.4 is 15.0 Å². The molecular formula is C20H20BrN3O4S. The average Bonchev–Trinajstić information content (AvgIpc) is 2.70. The van der Waals surface area contributed by atoms with E-state index in [2.05, 4.69) is 25.8 Å². The van der Waals surface area contributed by atoms with Crippen LogP contribution in [0.15, 0.2) is 74.8 Å². The third-order valence-electron chi connectivity index (χ3n) is 4.07. The van der Waals surface area contributed by atoms with Crippen molar-refractivity contribution in [3.63, 3.8) is 0 Å². The van der Waals surface area contributed by atoms with E-state index >= 15 is 0 Å². The predicted molar refractivity (Wildman–Crippen MR) is 114 cm³/mol. The van der Waals surface area contributed by atoms with Gasteiger partial charge in [0.2, 0.25) is 10.0 Å². The van der Waals surface area contributed by atoms with Gasteiger partial charge in [-0.1, -0.05) is 15.9 Å². The van der Waals surface area contributed by atoms with Crippen molar-refractivity contribution >= 4 is 26.0 Å². The quantitative estimate of drug-likeness (QED) is 0.538. The Morgan fingerprint density at radius 1 is 1.03 bits per heavy atom. The van der Waals surface area contributed by atoms with Crippen molar-refractivity contribution in [3.8, 4) is 17.0 Å². The van der Waals surface area contributed by atoms with Crippen molar-refractivity contribution in [2.75, 3.05) is 13.2 Å². The second-order valence-electron chi connectivity index (χ2n) is 6.09. The molecule has 0 saturated carbocycles. The Hall–Kier alpha value is -2.49. The molecule has 0 saturated heterocycles. The number of benzene rings is 2. The van der Waals surface area contributed by atoms with Crippen LogP contribution in [-0.4, -0.2) is 31.3 Å². The highest BCUT2D eigenvalue weighted by Crippen LogP contribution is 2.20. The number of sulfonamides is 1. The Morgan fingerprint density at radius 2 is 1.72 bits per heavy atom. The summed E-state index contributed by atoms with van der Waals surface area (Å²) in [5.74, 6) is 0.756. The molecule has 0 aliphatic rings. The summed E-state index contributed by atoms with van der Waals surface area (Å²) in [4.78, 5) is 12.3. The van der Waals surface area contributed by atoms with Crippen LogP contribution in [0, 0.1) is 0 Å². The minimum Gasteiger partial charge on any atom is -0.494 e. The topological polar surface area (TPSA) is 90.3 Å². The molecule has 1 N–H and O–H groups in total. The first-order valence-electron chi connectivity index (χ1n) is 8.96. The van der Waals surface area contributed by atoms with E-state index in [1.165, 1.54) is 22.9 Å². The maximum Gasteiger partial charge on any atom is 0.266 e. The van der Waals surface area contributed by atoms with Crippen LogP contribution in [-0.2, 0) is 16.6 Å². The summed E-state index contributed by atoms with van der Waals surface area (Å²) in [7, 11) is -3.66. The molecular weight excluding hydrogens is 458 g/mol. The number of nitrogens with one attached hydrogen (secondary N) is 1. The molecule has 152 valence electrons. The highest BCUT2D eigenvalue weighted by atomic mass is 79.9. The van der Waals surface area contributed by atoms with Gasteiger partial charge in [0.1, 0.15) is 5.75 Å². The average molecular weight is 478 g/mol. The first kappa shape index (κ1) is 21.2. The normalized spacial score (nSPS) is 11.4. The van der Waals surface area contributed by atoms with Gasteiger partial charge in [0, 0.05) is 22.6 Å². The van der Waals surface area contributed by atoms with Crippen molar-refractivity contribution in [2.24, 2.45) is 0 Å². The van der Waals surface area contributed by atoms with Crippen LogP contribution in [0.25, 0.3) is 11.3 Å².